The molecule has 52 heavy (non-hydrogen) atoms. The molecule has 0 nitrogen and oxygen atoms in total. The predicted octanol–water partition coefficient (Wildman–Crippen LogP) is 14.9. The Morgan fingerprint density at radius 2 is 0.519 bits per heavy atom. The maximum atomic E-state index is 2.41. The number of fused-ring (bicyclic) bond motifs is 12. The Hall–Kier alpha value is -6.24. The van der Waals surface area contributed by atoms with Gasteiger partial charge in [-0.1, -0.05) is 172 Å². The monoisotopic (exact) mass is 662 g/mol. The van der Waals surface area contributed by atoms with Crippen LogP contribution in [0.4, 0.5) is 0 Å². The van der Waals surface area contributed by atoms with Gasteiger partial charge in [0.05, 0.1) is 0 Å². The molecule has 0 saturated carbocycles. The second-order valence-electron chi connectivity index (χ2n) is 15.3. The van der Waals surface area contributed by atoms with E-state index in [0.29, 0.717) is 0 Å². The van der Waals surface area contributed by atoms with Gasteiger partial charge in [-0.3, -0.25) is 0 Å². The molecule has 0 N–H and O–H groups in total. The van der Waals surface area contributed by atoms with Crippen LogP contribution in [0.1, 0.15) is 26.3 Å². The predicted molar refractivity (Wildman–Crippen MR) is 226 cm³/mol. The van der Waals surface area contributed by atoms with Crippen LogP contribution in [0.3, 0.4) is 0 Å². The summed E-state index contributed by atoms with van der Waals surface area (Å²) in [6.45, 7) is 6.94. The van der Waals surface area contributed by atoms with E-state index in [0.717, 1.165) is 0 Å². The Kier molecular flexibility index (Phi) is 6.85. The van der Waals surface area contributed by atoms with Gasteiger partial charge in [0.15, 0.2) is 0 Å². The quantitative estimate of drug-likeness (QED) is 0.165. The fourth-order valence-corrected chi connectivity index (χ4v) is 8.45. The van der Waals surface area contributed by atoms with Crippen LogP contribution in [0.2, 0.25) is 0 Å². The van der Waals surface area contributed by atoms with Crippen LogP contribution in [0.25, 0.3) is 98.0 Å². The Bertz CT molecular complexity index is 2970. The first-order valence-corrected chi connectivity index (χ1v) is 18.3. The molecule has 0 aromatic heterocycles. The van der Waals surface area contributed by atoms with Crippen molar-refractivity contribution in [1.82, 2.24) is 0 Å². The van der Waals surface area contributed by atoms with Crippen LogP contribution in [-0.2, 0) is 5.41 Å². The summed E-state index contributed by atoms with van der Waals surface area (Å²) in [7, 11) is 0. The summed E-state index contributed by atoms with van der Waals surface area (Å²) in [5, 5.41) is 15.6. The van der Waals surface area contributed by atoms with E-state index in [-0.39, 0.29) is 5.41 Å². The molecule has 0 fully saturated rings. The molecule has 0 bridgehead atoms. The molecule has 0 unspecified atom stereocenters. The van der Waals surface area contributed by atoms with Gasteiger partial charge in [0.1, 0.15) is 0 Å². The fraction of sp³-hybridized carbons (Fsp3) is 0.0769. The van der Waals surface area contributed by atoms with Crippen LogP contribution in [0, 0.1) is 0 Å². The lowest BCUT2D eigenvalue weighted by atomic mass is 9.82. The molecule has 0 atom stereocenters. The van der Waals surface area contributed by atoms with E-state index in [2.05, 4.69) is 197 Å². The minimum atomic E-state index is -0.00963. The zero-order valence-electron chi connectivity index (χ0n) is 29.7. The summed E-state index contributed by atoms with van der Waals surface area (Å²) in [6.07, 6.45) is 0. The van der Waals surface area contributed by atoms with Crippen LogP contribution < -0.4 is 0 Å². The average Bonchev–Trinajstić information content (AvgIpc) is 3.20. The molecule has 0 spiro atoms. The molecule has 0 heterocycles. The Balaban J connectivity index is 1.13. The maximum absolute atomic E-state index is 2.41. The Morgan fingerprint density at radius 3 is 0.904 bits per heavy atom. The molecule has 0 radical (unpaired) electrons. The lowest BCUT2D eigenvalue weighted by molar-refractivity contribution is 0.590. The number of rotatable bonds is 3. The first-order chi connectivity index (χ1) is 25.4. The van der Waals surface area contributed by atoms with Crippen LogP contribution in [-0.4, -0.2) is 0 Å². The van der Waals surface area contributed by atoms with E-state index in [9.17, 15) is 0 Å². The van der Waals surface area contributed by atoms with E-state index >= 15 is 0 Å². The highest BCUT2D eigenvalue weighted by molar-refractivity contribution is 6.27. The SMILES string of the molecule is CC(C)(C)c1cc(-c2cccc(-c3ccc4c5ccccc5c5ccccc5c4c3)c2)cc(-c2ccc3c4ccccc4c4ccccc4c3c2)c1. The molecule has 0 aliphatic carbocycles. The Labute approximate surface area is 304 Å². The standard InChI is InChI=1S/C52H38/c1-52(2,3)39-29-37(28-38(30-39)36-24-26-49-45-20-7-5-16-41(45)43-18-9-11-22-47(43)51(49)32-36)34-14-12-13-33(27-34)35-23-25-48-44-19-6-4-15-40(44)42-17-8-10-21-46(42)50(48)31-35/h4-32H,1-3H3. The lowest BCUT2D eigenvalue weighted by Gasteiger charge is -2.22. The molecule has 0 aliphatic rings. The first kappa shape index (κ1) is 30.6. The highest BCUT2D eigenvalue weighted by atomic mass is 14.2. The van der Waals surface area contributed by atoms with Gasteiger partial charge in [-0.25, -0.2) is 0 Å². The minimum absolute atomic E-state index is 0.00963. The first-order valence-electron chi connectivity index (χ1n) is 18.3. The van der Waals surface area contributed by atoms with Crippen molar-refractivity contribution in [2.24, 2.45) is 0 Å². The van der Waals surface area contributed by atoms with Gasteiger partial charge in [-0.2, -0.15) is 0 Å². The van der Waals surface area contributed by atoms with Crippen molar-refractivity contribution in [1.29, 1.82) is 0 Å². The van der Waals surface area contributed by atoms with Crippen molar-refractivity contribution < 1.29 is 0 Å². The van der Waals surface area contributed by atoms with Crippen molar-refractivity contribution in [2.75, 3.05) is 0 Å². The van der Waals surface area contributed by atoms with Gasteiger partial charge in [-0.05, 0) is 133 Å². The smallest absolute Gasteiger partial charge is 0.00928 e. The topological polar surface area (TPSA) is 0 Å². The summed E-state index contributed by atoms with van der Waals surface area (Å²) < 4.78 is 0. The largest absolute Gasteiger partial charge is 0.0616 e. The molecule has 0 heteroatoms. The molecule has 10 aromatic carbocycles. The third-order valence-corrected chi connectivity index (χ3v) is 11.2. The van der Waals surface area contributed by atoms with Gasteiger partial charge in [0.2, 0.25) is 0 Å². The van der Waals surface area contributed by atoms with Crippen molar-refractivity contribution >= 4 is 64.6 Å². The molecular weight excluding hydrogens is 625 g/mol. The van der Waals surface area contributed by atoms with E-state index in [1.165, 1.54) is 104 Å². The van der Waals surface area contributed by atoms with E-state index < -0.39 is 0 Å². The maximum Gasteiger partial charge on any atom is -0.00928 e. The number of benzene rings is 10. The summed E-state index contributed by atoms with van der Waals surface area (Å²) in [4.78, 5) is 0. The van der Waals surface area contributed by atoms with E-state index in [1.807, 2.05) is 0 Å². The third-order valence-electron chi connectivity index (χ3n) is 11.2. The van der Waals surface area contributed by atoms with Crippen LogP contribution in [0.15, 0.2) is 176 Å². The number of hydrogen-bond acceptors (Lipinski definition) is 0. The second-order valence-corrected chi connectivity index (χ2v) is 15.3. The summed E-state index contributed by atoms with van der Waals surface area (Å²) >= 11 is 0. The summed E-state index contributed by atoms with van der Waals surface area (Å²) in [5.41, 5.74) is 8.73. The second kappa shape index (κ2) is 11.7. The average molecular weight is 663 g/mol. The van der Waals surface area contributed by atoms with Gasteiger partial charge in [-0.15, -0.1) is 0 Å². The number of hydrogen-bond donors (Lipinski definition) is 0. The normalized spacial score (nSPS) is 12.1. The fourth-order valence-electron chi connectivity index (χ4n) is 8.45. The molecule has 246 valence electrons. The van der Waals surface area contributed by atoms with Crippen LogP contribution >= 0.6 is 0 Å². The molecule has 0 saturated heterocycles. The Morgan fingerprint density at radius 1 is 0.231 bits per heavy atom. The molecule has 0 aliphatic heterocycles. The molecule has 0 amide bonds. The zero-order chi connectivity index (χ0) is 35.0. The summed E-state index contributed by atoms with van der Waals surface area (Å²) in [5.74, 6) is 0. The summed E-state index contributed by atoms with van der Waals surface area (Å²) in [6, 6.07) is 65.6. The van der Waals surface area contributed by atoms with Gasteiger partial charge in [0, 0.05) is 0 Å². The van der Waals surface area contributed by atoms with Gasteiger partial charge >= 0.3 is 0 Å². The minimum Gasteiger partial charge on any atom is -0.0616 e. The molecule has 10 rings (SSSR count). The third kappa shape index (κ3) is 4.90. The van der Waals surface area contributed by atoms with E-state index in [1.54, 1.807) is 0 Å². The van der Waals surface area contributed by atoms with Crippen molar-refractivity contribution in [3.8, 4) is 33.4 Å². The van der Waals surface area contributed by atoms with Gasteiger partial charge in [0.25, 0.3) is 0 Å². The highest BCUT2D eigenvalue weighted by Crippen LogP contribution is 2.41. The lowest BCUT2D eigenvalue weighted by Crippen LogP contribution is -2.11. The van der Waals surface area contributed by atoms with Crippen LogP contribution in [0.5, 0.6) is 0 Å². The van der Waals surface area contributed by atoms with Gasteiger partial charge < -0.3 is 0 Å². The molecular formula is C52H38. The van der Waals surface area contributed by atoms with E-state index in [4.69, 9.17) is 0 Å². The van der Waals surface area contributed by atoms with Crippen molar-refractivity contribution in [3.63, 3.8) is 0 Å². The zero-order valence-corrected chi connectivity index (χ0v) is 29.7. The van der Waals surface area contributed by atoms with Crippen molar-refractivity contribution in [3.05, 3.63) is 181 Å². The molecule has 10 aromatic rings. The van der Waals surface area contributed by atoms with Crippen molar-refractivity contribution in [2.45, 2.75) is 26.2 Å². The highest BCUT2D eigenvalue weighted by Gasteiger charge is 2.18.